The van der Waals surface area contributed by atoms with Gasteiger partial charge < -0.3 is 5.11 Å². The summed E-state index contributed by atoms with van der Waals surface area (Å²) in [4.78, 5) is 0. The number of benzene rings is 3. The summed E-state index contributed by atoms with van der Waals surface area (Å²) < 4.78 is 30.0. The number of phenolic OH excluding ortho intramolecular Hbond substituents is 1. The van der Waals surface area contributed by atoms with Crippen LogP contribution < -0.4 is 5.01 Å². The van der Waals surface area contributed by atoms with E-state index >= 15 is 0 Å². The van der Waals surface area contributed by atoms with Crippen molar-refractivity contribution in [2.24, 2.45) is 0 Å². The number of nitriles is 1. The number of aromatic nitrogens is 3. The van der Waals surface area contributed by atoms with Crippen LogP contribution in [-0.2, 0) is 6.42 Å². The fraction of sp³-hybridized carbons (Fsp3) is 0.0870. The van der Waals surface area contributed by atoms with Crippen LogP contribution in [0.15, 0.2) is 73.3 Å². The van der Waals surface area contributed by atoms with Crippen LogP contribution in [0.2, 0.25) is 0 Å². The van der Waals surface area contributed by atoms with Crippen molar-refractivity contribution >= 4 is 5.69 Å². The summed E-state index contributed by atoms with van der Waals surface area (Å²) in [6.07, 6.45) is 2.98. The number of nitrogens with zero attached hydrogens (tertiary/aromatic N) is 5. The quantitative estimate of drug-likeness (QED) is 0.506. The standard InChI is InChI=1S/C23H17F2N5O/c24-22-11-19(31)12-23(25)20(22)8-9-30(29-14-27-28-15-29)18-7-6-17(13-26)21(10-18)16-4-2-1-3-5-16/h1-7,10-12,14-15,31H,8-9H2. The third kappa shape index (κ3) is 4.21. The molecule has 1 N–H and O–H groups in total. The van der Waals surface area contributed by atoms with E-state index in [1.165, 1.54) is 12.7 Å². The van der Waals surface area contributed by atoms with Gasteiger partial charge in [0.25, 0.3) is 0 Å². The van der Waals surface area contributed by atoms with Crippen LogP contribution in [0.1, 0.15) is 11.1 Å². The Bertz CT molecular complexity index is 1210. The lowest BCUT2D eigenvalue weighted by atomic mass is 9.99. The molecule has 4 rings (SSSR count). The molecule has 4 aromatic rings. The second-order valence-corrected chi connectivity index (χ2v) is 6.81. The molecule has 0 atom stereocenters. The highest BCUT2D eigenvalue weighted by molar-refractivity contribution is 5.74. The smallest absolute Gasteiger partial charge is 0.139 e. The molecule has 0 saturated heterocycles. The van der Waals surface area contributed by atoms with Crippen molar-refractivity contribution in [1.82, 2.24) is 14.9 Å². The van der Waals surface area contributed by atoms with Crippen LogP contribution in [0.25, 0.3) is 11.1 Å². The Morgan fingerprint density at radius 2 is 1.65 bits per heavy atom. The van der Waals surface area contributed by atoms with E-state index in [0.29, 0.717) is 11.3 Å². The van der Waals surface area contributed by atoms with Gasteiger partial charge in [0.15, 0.2) is 0 Å². The van der Waals surface area contributed by atoms with Crippen LogP contribution in [0.5, 0.6) is 5.75 Å². The van der Waals surface area contributed by atoms with E-state index in [0.717, 1.165) is 23.3 Å². The van der Waals surface area contributed by atoms with Crippen LogP contribution in [0.4, 0.5) is 14.5 Å². The average molecular weight is 417 g/mol. The number of phenols is 1. The largest absolute Gasteiger partial charge is 0.508 e. The van der Waals surface area contributed by atoms with E-state index in [1.54, 1.807) is 21.8 Å². The van der Waals surface area contributed by atoms with Gasteiger partial charge in [-0.05, 0) is 30.2 Å². The average Bonchev–Trinajstić information content (AvgIpc) is 3.30. The van der Waals surface area contributed by atoms with E-state index in [-0.39, 0.29) is 18.5 Å². The van der Waals surface area contributed by atoms with Crippen LogP contribution >= 0.6 is 0 Å². The Morgan fingerprint density at radius 3 is 2.29 bits per heavy atom. The topological polar surface area (TPSA) is 78.0 Å². The molecule has 0 aliphatic heterocycles. The molecule has 1 heterocycles. The Hall–Kier alpha value is -4.25. The number of halogens is 2. The molecule has 154 valence electrons. The van der Waals surface area contributed by atoms with Gasteiger partial charge in [-0.15, -0.1) is 10.2 Å². The van der Waals surface area contributed by atoms with Crippen molar-refractivity contribution in [3.8, 4) is 22.9 Å². The second kappa shape index (κ2) is 8.63. The van der Waals surface area contributed by atoms with Gasteiger partial charge in [0.1, 0.15) is 30.0 Å². The van der Waals surface area contributed by atoms with E-state index < -0.39 is 17.4 Å². The third-order valence-electron chi connectivity index (χ3n) is 4.89. The van der Waals surface area contributed by atoms with Gasteiger partial charge in [-0.2, -0.15) is 5.26 Å². The minimum absolute atomic E-state index is 0.0246. The molecule has 0 saturated carbocycles. The van der Waals surface area contributed by atoms with Crippen molar-refractivity contribution in [2.75, 3.05) is 11.6 Å². The number of anilines is 1. The Morgan fingerprint density at radius 1 is 0.968 bits per heavy atom. The van der Waals surface area contributed by atoms with Gasteiger partial charge in [-0.3, -0.25) is 5.01 Å². The van der Waals surface area contributed by atoms with Crippen LogP contribution in [0, 0.1) is 23.0 Å². The second-order valence-electron chi connectivity index (χ2n) is 6.81. The molecule has 0 aliphatic carbocycles. The predicted octanol–water partition coefficient (Wildman–Crippen LogP) is 4.31. The summed E-state index contributed by atoms with van der Waals surface area (Å²) in [6, 6.07) is 18.8. The van der Waals surface area contributed by atoms with Gasteiger partial charge in [0.2, 0.25) is 0 Å². The molecule has 0 amide bonds. The van der Waals surface area contributed by atoms with Crippen molar-refractivity contribution < 1.29 is 13.9 Å². The zero-order valence-corrected chi connectivity index (χ0v) is 16.3. The highest BCUT2D eigenvalue weighted by Gasteiger charge is 2.17. The summed E-state index contributed by atoms with van der Waals surface area (Å²) in [5.41, 5.74) is 2.68. The number of aromatic hydroxyl groups is 1. The molecule has 6 nitrogen and oxygen atoms in total. The fourth-order valence-electron chi connectivity index (χ4n) is 3.39. The molecule has 1 aromatic heterocycles. The molecule has 0 unspecified atom stereocenters. The van der Waals surface area contributed by atoms with Crippen molar-refractivity contribution in [3.63, 3.8) is 0 Å². The fourth-order valence-corrected chi connectivity index (χ4v) is 3.39. The molecular weight excluding hydrogens is 400 g/mol. The van der Waals surface area contributed by atoms with E-state index in [1.807, 2.05) is 36.4 Å². The van der Waals surface area contributed by atoms with Crippen molar-refractivity contribution in [3.05, 3.63) is 96.1 Å². The van der Waals surface area contributed by atoms with Crippen molar-refractivity contribution in [1.29, 1.82) is 5.26 Å². The normalized spacial score (nSPS) is 10.6. The first-order valence-corrected chi connectivity index (χ1v) is 9.45. The molecular formula is C23H17F2N5O. The molecule has 0 spiro atoms. The SMILES string of the molecule is N#Cc1ccc(N(CCc2c(F)cc(O)cc2F)n2cnnc2)cc1-c1ccccc1. The van der Waals surface area contributed by atoms with Crippen molar-refractivity contribution in [2.45, 2.75) is 6.42 Å². The Balaban J connectivity index is 1.72. The molecule has 3 aromatic carbocycles. The van der Waals surface area contributed by atoms with Gasteiger partial charge in [0, 0.05) is 29.8 Å². The summed E-state index contributed by atoms with van der Waals surface area (Å²) in [7, 11) is 0. The maximum absolute atomic E-state index is 14.2. The highest BCUT2D eigenvalue weighted by atomic mass is 19.1. The molecule has 31 heavy (non-hydrogen) atoms. The third-order valence-corrected chi connectivity index (χ3v) is 4.89. The minimum Gasteiger partial charge on any atom is -0.508 e. The lowest BCUT2D eigenvalue weighted by molar-refractivity contribution is 0.456. The zero-order chi connectivity index (χ0) is 21.8. The first-order valence-electron chi connectivity index (χ1n) is 9.45. The molecule has 0 radical (unpaired) electrons. The van der Waals surface area contributed by atoms with Gasteiger partial charge in [-0.1, -0.05) is 30.3 Å². The Kier molecular flexibility index (Phi) is 5.58. The molecule has 0 fully saturated rings. The lowest BCUT2D eigenvalue weighted by Gasteiger charge is -2.26. The number of hydrogen-bond donors (Lipinski definition) is 1. The van der Waals surface area contributed by atoms with E-state index in [9.17, 15) is 19.1 Å². The summed E-state index contributed by atoms with van der Waals surface area (Å²) in [5, 5.41) is 28.3. The maximum atomic E-state index is 14.2. The summed E-state index contributed by atoms with van der Waals surface area (Å²) >= 11 is 0. The minimum atomic E-state index is -0.814. The highest BCUT2D eigenvalue weighted by Crippen LogP contribution is 2.29. The van der Waals surface area contributed by atoms with E-state index in [4.69, 9.17) is 0 Å². The van der Waals surface area contributed by atoms with Gasteiger partial charge >= 0.3 is 0 Å². The van der Waals surface area contributed by atoms with Crippen LogP contribution in [-0.4, -0.2) is 26.5 Å². The molecule has 0 bridgehead atoms. The summed E-state index contributed by atoms with van der Waals surface area (Å²) in [6.45, 7) is 0.191. The van der Waals surface area contributed by atoms with Gasteiger partial charge in [-0.25, -0.2) is 13.5 Å². The first-order chi connectivity index (χ1) is 15.1. The Labute approximate surface area is 177 Å². The number of hydrogen-bond acceptors (Lipinski definition) is 5. The number of rotatable bonds is 6. The first kappa shape index (κ1) is 20.0. The lowest BCUT2D eigenvalue weighted by Crippen LogP contribution is -2.31. The zero-order valence-electron chi connectivity index (χ0n) is 16.3. The summed E-state index contributed by atoms with van der Waals surface area (Å²) in [5.74, 6) is -2.09. The maximum Gasteiger partial charge on any atom is 0.139 e. The van der Waals surface area contributed by atoms with E-state index in [2.05, 4.69) is 16.3 Å². The predicted molar refractivity (Wildman–Crippen MR) is 111 cm³/mol. The monoisotopic (exact) mass is 417 g/mol. The van der Waals surface area contributed by atoms with Crippen LogP contribution in [0.3, 0.4) is 0 Å². The van der Waals surface area contributed by atoms with Gasteiger partial charge in [0.05, 0.1) is 17.3 Å². The molecule has 8 heteroatoms. The molecule has 0 aliphatic rings.